The van der Waals surface area contributed by atoms with Crippen molar-refractivity contribution in [3.63, 3.8) is 0 Å². The lowest BCUT2D eigenvalue weighted by Gasteiger charge is -2.20. The molecular weight excluding hydrogens is 296 g/mol. The van der Waals surface area contributed by atoms with E-state index in [9.17, 15) is 9.90 Å². The summed E-state index contributed by atoms with van der Waals surface area (Å²) in [5.74, 6) is 1.16. The predicted molar refractivity (Wildman–Crippen MR) is 88.0 cm³/mol. The van der Waals surface area contributed by atoms with Gasteiger partial charge in [-0.2, -0.15) is 4.98 Å². The molecule has 0 aliphatic heterocycles. The number of nitrogens with one attached hydrogen (secondary N) is 2. The van der Waals surface area contributed by atoms with E-state index in [0.29, 0.717) is 11.7 Å². The van der Waals surface area contributed by atoms with Gasteiger partial charge in [-0.15, -0.1) is 0 Å². The first-order chi connectivity index (χ1) is 10.7. The van der Waals surface area contributed by atoms with Gasteiger partial charge in [0.1, 0.15) is 6.04 Å². The Labute approximate surface area is 138 Å². The van der Waals surface area contributed by atoms with Crippen LogP contribution in [0.3, 0.4) is 0 Å². The molecule has 3 N–H and O–H groups in total. The number of amides is 2. The van der Waals surface area contributed by atoms with Gasteiger partial charge in [-0.05, 0) is 12.8 Å². The van der Waals surface area contributed by atoms with Gasteiger partial charge in [0.05, 0.1) is 6.10 Å². The van der Waals surface area contributed by atoms with E-state index in [1.807, 2.05) is 34.6 Å². The van der Waals surface area contributed by atoms with E-state index in [1.54, 1.807) is 6.92 Å². The normalized spacial score (nSPS) is 14.6. The molecule has 7 heteroatoms. The molecule has 0 aliphatic rings. The van der Waals surface area contributed by atoms with Crippen LogP contribution >= 0.6 is 0 Å². The maximum atomic E-state index is 11.9. The minimum Gasteiger partial charge on any atom is -0.391 e. The maximum absolute atomic E-state index is 11.9. The Morgan fingerprint density at radius 2 is 1.91 bits per heavy atom. The second kappa shape index (κ2) is 8.29. The summed E-state index contributed by atoms with van der Waals surface area (Å²) < 4.78 is 5.20. The fraction of sp³-hybridized carbons (Fsp3) is 0.812. The molecule has 132 valence electrons. The third kappa shape index (κ3) is 5.82. The zero-order chi connectivity index (χ0) is 17.6. The molecule has 1 rings (SSSR count). The van der Waals surface area contributed by atoms with Gasteiger partial charge in [0.15, 0.2) is 5.82 Å². The fourth-order valence-corrected chi connectivity index (χ4v) is 2.22. The summed E-state index contributed by atoms with van der Waals surface area (Å²) in [5, 5.41) is 19.4. The number of carbonyl (C=O) groups excluding carboxylic acids is 1. The Kier molecular flexibility index (Phi) is 7.00. The van der Waals surface area contributed by atoms with Gasteiger partial charge in [-0.25, -0.2) is 4.79 Å². The molecule has 0 aliphatic carbocycles. The Morgan fingerprint density at radius 3 is 2.39 bits per heavy atom. The molecule has 0 saturated carbocycles. The average Bonchev–Trinajstić information content (AvgIpc) is 2.96. The largest absolute Gasteiger partial charge is 0.391 e. The van der Waals surface area contributed by atoms with E-state index < -0.39 is 12.1 Å². The summed E-state index contributed by atoms with van der Waals surface area (Å²) in [7, 11) is 0. The molecule has 0 saturated heterocycles. The summed E-state index contributed by atoms with van der Waals surface area (Å²) in [4.78, 5) is 16.2. The number of aliphatic hydroxyl groups excluding tert-OH is 1. The van der Waals surface area contributed by atoms with Crippen molar-refractivity contribution in [1.82, 2.24) is 20.8 Å². The first-order valence-electron chi connectivity index (χ1n) is 8.25. The first-order valence-corrected chi connectivity index (χ1v) is 8.25. The van der Waals surface area contributed by atoms with Gasteiger partial charge in [-0.1, -0.05) is 52.6 Å². The zero-order valence-electron chi connectivity index (χ0n) is 15.0. The molecule has 0 radical (unpaired) electrons. The van der Waals surface area contributed by atoms with E-state index >= 15 is 0 Å². The molecule has 7 nitrogen and oxygen atoms in total. The van der Waals surface area contributed by atoms with Crippen LogP contribution in [0.5, 0.6) is 0 Å². The van der Waals surface area contributed by atoms with Gasteiger partial charge in [0, 0.05) is 12.0 Å². The molecule has 0 spiro atoms. The fourth-order valence-electron chi connectivity index (χ4n) is 2.22. The minimum absolute atomic E-state index is 0.193. The summed E-state index contributed by atoms with van der Waals surface area (Å²) >= 11 is 0. The highest BCUT2D eigenvalue weighted by Gasteiger charge is 2.24. The van der Waals surface area contributed by atoms with Crippen LogP contribution in [0.1, 0.15) is 72.1 Å². The Bertz CT molecular complexity index is 492. The van der Waals surface area contributed by atoms with Crippen LogP contribution in [-0.2, 0) is 5.41 Å². The highest BCUT2D eigenvalue weighted by Crippen LogP contribution is 2.20. The van der Waals surface area contributed by atoms with Gasteiger partial charge < -0.3 is 20.3 Å². The van der Waals surface area contributed by atoms with Crippen LogP contribution in [0.2, 0.25) is 0 Å². The Hall–Kier alpha value is -1.63. The topological polar surface area (TPSA) is 100 Å². The monoisotopic (exact) mass is 326 g/mol. The van der Waals surface area contributed by atoms with E-state index in [2.05, 4.69) is 20.8 Å². The van der Waals surface area contributed by atoms with Crippen molar-refractivity contribution in [2.24, 2.45) is 5.92 Å². The number of rotatable bonds is 7. The summed E-state index contributed by atoms with van der Waals surface area (Å²) in [5.41, 5.74) is -0.205. The number of hydrogen-bond acceptors (Lipinski definition) is 5. The third-order valence-corrected chi connectivity index (χ3v) is 3.90. The molecular formula is C16H30N4O3. The molecule has 1 aromatic heterocycles. The highest BCUT2D eigenvalue weighted by atomic mass is 16.5. The molecule has 1 heterocycles. The lowest BCUT2D eigenvalue weighted by molar-refractivity contribution is 0.103. The second-order valence-corrected chi connectivity index (χ2v) is 6.93. The third-order valence-electron chi connectivity index (χ3n) is 3.90. The van der Waals surface area contributed by atoms with Crippen molar-refractivity contribution in [2.45, 2.75) is 71.9 Å². The van der Waals surface area contributed by atoms with Crippen LogP contribution in [0.4, 0.5) is 4.79 Å². The van der Waals surface area contributed by atoms with Gasteiger partial charge in [0.2, 0.25) is 5.89 Å². The summed E-state index contributed by atoms with van der Waals surface area (Å²) in [6.07, 6.45) is 1.23. The van der Waals surface area contributed by atoms with Crippen LogP contribution in [0, 0.1) is 5.92 Å². The molecule has 0 fully saturated rings. The number of nitrogens with zero attached hydrogens (tertiary/aromatic N) is 2. The van der Waals surface area contributed by atoms with E-state index in [0.717, 1.165) is 12.8 Å². The number of carbonyl (C=O) groups is 1. The number of aliphatic hydroxyl groups is 1. The molecule has 2 amide bonds. The van der Waals surface area contributed by atoms with Crippen LogP contribution < -0.4 is 10.6 Å². The van der Waals surface area contributed by atoms with Gasteiger partial charge in [0.25, 0.3) is 0 Å². The van der Waals surface area contributed by atoms with Crippen LogP contribution in [0.15, 0.2) is 4.52 Å². The van der Waals surface area contributed by atoms with Crippen molar-refractivity contribution in [2.75, 3.05) is 6.54 Å². The Morgan fingerprint density at radius 1 is 1.30 bits per heavy atom. The number of aromatic nitrogens is 2. The molecule has 2 unspecified atom stereocenters. The molecule has 0 bridgehead atoms. The first kappa shape index (κ1) is 19.4. The zero-order valence-corrected chi connectivity index (χ0v) is 15.0. The lowest BCUT2D eigenvalue weighted by atomic mass is 9.96. The Balaban J connectivity index is 2.49. The maximum Gasteiger partial charge on any atom is 0.315 e. The minimum atomic E-state index is -0.540. The molecule has 1 aromatic rings. The van der Waals surface area contributed by atoms with E-state index in [1.165, 1.54) is 0 Å². The van der Waals surface area contributed by atoms with Gasteiger partial charge in [-0.3, -0.25) is 0 Å². The average molecular weight is 326 g/mol. The number of urea groups is 1. The molecule has 0 aromatic carbocycles. The molecule has 2 atom stereocenters. The van der Waals surface area contributed by atoms with Gasteiger partial charge >= 0.3 is 6.03 Å². The highest BCUT2D eigenvalue weighted by molar-refractivity contribution is 5.74. The van der Waals surface area contributed by atoms with E-state index in [4.69, 9.17) is 4.52 Å². The summed E-state index contributed by atoms with van der Waals surface area (Å²) in [6, 6.07) is -0.762. The van der Waals surface area contributed by atoms with Crippen molar-refractivity contribution in [1.29, 1.82) is 0 Å². The smallest absolute Gasteiger partial charge is 0.315 e. The SMILES string of the molecule is CCC(CC)C(O)CNC(=O)NC(C)c1nc(C(C)(C)C)no1. The van der Waals surface area contributed by atoms with Crippen molar-refractivity contribution >= 4 is 6.03 Å². The number of hydrogen-bond donors (Lipinski definition) is 3. The van der Waals surface area contributed by atoms with Crippen LogP contribution in [0.25, 0.3) is 0 Å². The standard InChI is InChI=1S/C16H30N4O3/c1-7-11(8-2)12(21)9-17-15(22)18-10(3)13-19-14(20-23-13)16(4,5)6/h10-12,21H,7-9H2,1-6H3,(H2,17,18,22). The quantitative estimate of drug-likeness (QED) is 0.715. The van der Waals surface area contributed by atoms with Crippen molar-refractivity contribution in [3.05, 3.63) is 11.7 Å². The molecule has 23 heavy (non-hydrogen) atoms. The lowest BCUT2D eigenvalue weighted by Crippen LogP contribution is -2.42. The van der Waals surface area contributed by atoms with Crippen LogP contribution in [-0.4, -0.2) is 33.9 Å². The van der Waals surface area contributed by atoms with Crippen molar-refractivity contribution < 1.29 is 14.4 Å². The summed E-state index contributed by atoms with van der Waals surface area (Å²) in [6.45, 7) is 12.0. The van der Waals surface area contributed by atoms with Crippen molar-refractivity contribution in [3.8, 4) is 0 Å². The second-order valence-electron chi connectivity index (χ2n) is 6.93. The predicted octanol–water partition coefficient (Wildman–Crippen LogP) is 2.52. The van der Waals surface area contributed by atoms with E-state index in [-0.39, 0.29) is 23.9 Å².